The molecule has 0 radical (unpaired) electrons. The summed E-state index contributed by atoms with van der Waals surface area (Å²) in [6.45, 7) is 6.41. The topological polar surface area (TPSA) is 29.3 Å². The lowest BCUT2D eigenvalue weighted by Gasteiger charge is -2.19. The first kappa shape index (κ1) is 17.0. The second kappa shape index (κ2) is 6.58. The van der Waals surface area contributed by atoms with Gasteiger partial charge in [0.2, 0.25) is 0 Å². The highest BCUT2D eigenvalue weighted by Crippen LogP contribution is 2.45. The number of hydrogen-bond acceptors (Lipinski definition) is 3. The molecule has 1 aliphatic heterocycles. The van der Waals surface area contributed by atoms with Crippen LogP contribution in [0.15, 0.2) is 54.6 Å². The molecule has 2 aromatic carbocycles. The van der Waals surface area contributed by atoms with Crippen LogP contribution in [0, 0.1) is 0 Å². The molecular formula is C20H22ClNO2. The van der Waals surface area contributed by atoms with Gasteiger partial charge in [-0.1, -0.05) is 54.1 Å². The SMILES string of the molecule is CC(C)(C)OC(=O)[C@H]1[C@@H](c2ccc(Cl)cc2)N1Cc1ccccc1. The maximum Gasteiger partial charge on any atom is 0.325 e. The Morgan fingerprint density at radius 3 is 2.29 bits per heavy atom. The molecule has 3 nitrogen and oxygen atoms in total. The van der Waals surface area contributed by atoms with Gasteiger partial charge < -0.3 is 4.74 Å². The molecule has 2 aromatic rings. The lowest BCUT2D eigenvalue weighted by Crippen LogP contribution is -2.28. The van der Waals surface area contributed by atoms with Crippen LogP contribution in [-0.2, 0) is 16.1 Å². The Labute approximate surface area is 148 Å². The zero-order chi connectivity index (χ0) is 17.3. The largest absolute Gasteiger partial charge is 0.459 e. The van der Waals surface area contributed by atoms with Gasteiger partial charge >= 0.3 is 5.97 Å². The van der Waals surface area contributed by atoms with Crippen molar-refractivity contribution in [1.29, 1.82) is 0 Å². The van der Waals surface area contributed by atoms with Crippen molar-refractivity contribution >= 4 is 17.6 Å². The van der Waals surface area contributed by atoms with E-state index in [1.165, 1.54) is 5.56 Å². The van der Waals surface area contributed by atoms with Crippen molar-refractivity contribution in [3.8, 4) is 0 Å². The maximum absolute atomic E-state index is 12.6. The summed E-state index contributed by atoms with van der Waals surface area (Å²) >= 11 is 5.98. The minimum Gasteiger partial charge on any atom is -0.459 e. The smallest absolute Gasteiger partial charge is 0.325 e. The summed E-state index contributed by atoms with van der Waals surface area (Å²) in [5, 5.41) is 0.697. The van der Waals surface area contributed by atoms with E-state index in [1.54, 1.807) is 0 Å². The third-order valence-electron chi connectivity index (χ3n) is 3.99. The van der Waals surface area contributed by atoms with E-state index in [0.29, 0.717) is 5.02 Å². The first-order valence-corrected chi connectivity index (χ1v) is 8.51. The predicted octanol–water partition coefficient (Wildman–Crippen LogP) is 4.61. The minimum atomic E-state index is -0.483. The second-order valence-electron chi connectivity index (χ2n) is 7.13. The molecule has 24 heavy (non-hydrogen) atoms. The van der Waals surface area contributed by atoms with Gasteiger partial charge in [0.25, 0.3) is 0 Å². The molecule has 1 saturated heterocycles. The van der Waals surface area contributed by atoms with Gasteiger partial charge in [-0.15, -0.1) is 0 Å². The van der Waals surface area contributed by atoms with Crippen LogP contribution < -0.4 is 0 Å². The Kier molecular flexibility index (Phi) is 4.66. The zero-order valence-corrected chi connectivity index (χ0v) is 15.0. The van der Waals surface area contributed by atoms with Crippen LogP contribution >= 0.6 is 11.6 Å². The molecule has 4 heteroatoms. The van der Waals surface area contributed by atoms with Crippen molar-refractivity contribution < 1.29 is 9.53 Å². The Bertz CT molecular complexity index is 707. The monoisotopic (exact) mass is 343 g/mol. The van der Waals surface area contributed by atoms with Crippen LogP contribution in [0.1, 0.15) is 37.9 Å². The number of halogens is 1. The fraction of sp³-hybridized carbons (Fsp3) is 0.350. The maximum atomic E-state index is 12.6. The summed E-state index contributed by atoms with van der Waals surface area (Å²) in [5.74, 6) is -0.168. The van der Waals surface area contributed by atoms with Crippen LogP contribution in [-0.4, -0.2) is 22.5 Å². The van der Waals surface area contributed by atoms with Gasteiger partial charge in [0.1, 0.15) is 11.6 Å². The van der Waals surface area contributed by atoms with Crippen molar-refractivity contribution in [2.24, 2.45) is 0 Å². The van der Waals surface area contributed by atoms with E-state index in [1.807, 2.05) is 63.2 Å². The molecule has 1 aliphatic rings. The molecule has 0 bridgehead atoms. The summed E-state index contributed by atoms with van der Waals surface area (Å²) in [6, 6.07) is 17.6. The van der Waals surface area contributed by atoms with Crippen molar-refractivity contribution in [3.63, 3.8) is 0 Å². The van der Waals surface area contributed by atoms with Gasteiger partial charge in [-0.05, 0) is 44.0 Å². The second-order valence-corrected chi connectivity index (χ2v) is 7.57. The summed E-state index contributed by atoms with van der Waals surface area (Å²) in [7, 11) is 0. The van der Waals surface area contributed by atoms with Gasteiger partial charge in [0, 0.05) is 11.6 Å². The molecule has 0 N–H and O–H groups in total. The fourth-order valence-electron chi connectivity index (χ4n) is 2.93. The third-order valence-corrected chi connectivity index (χ3v) is 4.24. The lowest BCUT2D eigenvalue weighted by atomic mass is 10.1. The van der Waals surface area contributed by atoms with Crippen LogP contribution in [0.2, 0.25) is 5.02 Å². The van der Waals surface area contributed by atoms with Gasteiger partial charge in [-0.2, -0.15) is 0 Å². The van der Waals surface area contributed by atoms with Crippen LogP contribution in [0.5, 0.6) is 0 Å². The first-order chi connectivity index (χ1) is 11.3. The number of esters is 1. The van der Waals surface area contributed by atoms with Crippen LogP contribution in [0.3, 0.4) is 0 Å². The van der Waals surface area contributed by atoms with Crippen molar-refractivity contribution in [2.45, 2.75) is 45.0 Å². The molecule has 0 spiro atoms. The number of carbonyl (C=O) groups excluding carboxylic acids is 1. The Morgan fingerprint density at radius 2 is 1.71 bits per heavy atom. The van der Waals surface area contributed by atoms with Crippen molar-refractivity contribution in [3.05, 3.63) is 70.7 Å². The zero-order valence-electron chi connectivity index (χ0n) is 14.2. The number of hydrogen-bond donors (Lipinski definition) is 0. The van der Waals surface area contributed by atoms with Gasteiger partial charge in [0.05, 0.1) is 6.04 Å². The average molecular weight is 344 g/mol. The number of ether oxygens (including phenoxy) is 1. The first-order valence-electron chi connectivity index (χ1n) is 8.13. The molecule has 3 rings (SSSR count). The number of rotatable bonds is 4. The molecule has 0 amide bonds. The molecule has 0 aromatic heterocycles. The molecular weight excluding hydrogens is 322 g/mol. The summed E-state index contributed by atoms with van der Waals surface area (Å²) in [5.41, 5.74) is 1.79. The normalized spacial score (nSPS) is 22.9. The summed E-state index contributed by atoms with van der Waals surface area (Å²) < 4.78 is 5.60. The van der Waals surface area contributed by atoms with E-state index < -0.39 is 5.60 Å². The average Bonchev–Trinajstić information content (AvgIpc) is 3.21. The number of nitrogens with zero attached hydrogens (tertiary/aromatic N) is 1. The van der Waals surface area contributed by atoms with E-state index in [2.05, 4.69) is 17.0 Å². The molecule has 126 valence electrons. The predicted molar refractivity (Wildman–Crippen MR) is 95.8 cm³/mol. The molecule has 0 aliphatic carbocycles. The van der Waals surface area contributed by atoms with Gasteiger partial charge in [-0.3, -0.25) is 9.69 Å². The molecule has 1 heterocycles. The lowest BCUT2D eigenvalue weighted by molar-refractivity contribution is -0.155. The Hall–Kier alpha value is -1.84. The van der Waals surface area contributed by atoms with Gasteiger partial charge in [-0.25, -0.2) is 0 Å². The van der Waals surface area contributed by atoms with E-state index in [-0.39, 0.29) is 18.1 Å². The summed E-state index contributed by atoms with van der Waals surface area (Å²) in [6.07, 6.45) is 0. The summed E-state index contributed by atoms with van der Waals surface area (Å²) in [4.78, 5) is 14.7. The standard InChI is InChI=1S/C20H22ClNO2/c1-20(2,3)24-19(23)18-17(15-9-11-16(21)12-10-15)22(18)13-14-7-5-4-6-8-14/h4-12,17-18H,13H2,1-3H3/t17-,18-,22?/m1/s1. The molecule has 1 unspecified atom stereocenters. The van der Waals surface area contributed by atoms with E-state index in [9.17, 15) is 4.79 Å². The van der Waals surface area contributed by atoms with Crippen molar-refractivity contribution in [2.75, 3.05) is 0 Å². The van der Waals surface area contributed by atoms with Crippen molar-refractivity contribution in [1.82, 2.24) is 4.90 Å². The number of benzene rings is 2. The van der Waals surface area contributed by atoms with E-state index in [4.69, 9.17) is 16.3 Å². The minimum absolute atomic E-state index is 0.0392. The Balaban J connectivity index is 1.80. The molecule has 3 atom stereocenters. The van der Waals surface area contributed by atoms with E-state index >= 15 is 0 Å². The van der Waals surface area contributed by atoms with Crippen LogP contribution in [0.4, 0.5) is 0 Å². The highest BCUT2D eigenvalue weighted by molar-refractivity contribution is 6.30. The quantitative estimate of drug-likeness (QED) is 0.599. The highest BCUT2D eigenvalue weighted by atomic mass is 35.5. The third kappa shape index (κ3) is 3.97. The number of carbonyl (C=O) groups is 1. The highest BCUT2D eigenvalue weighted by Gasteiger charge is 2.54. The fourth-order valence-corrected chi connectivity index (χ4v) is 3.05. The van der Waals surface area contributed by atoms with E-state index in [0.717, 1.165) is 12.1 Å². The van der Waals surface area contributed by atoms with Gasteiger partial charge in [0.15, 0.2) is 0 Å². The molecule has 0 saturated carbocycles. The van der Waals surface area contributed by atoms with Crippen LogP contribution in [0.25, 0.3) is 0 Å². The molecule has 1 fully saturated rings. The Morgan fingerprint density at radius 1 is 1.08 bits per heavy atom.